The van der Waals surface area contributed by atoms with E-state index in [2.05, 4.69) is 0 Å². The molecule has 2 aromatic rings. The third-order valence-electron chi connectivity index (χ3n) is 2.73. The number of benzene rings is 2. The van der Waals surface area contributed by atoms with Crippen molar-refractivity contribution in [3.05, 3.63) is 69.7 Å². The normalized spacial score (nSPS) is 10.8. The Morgan fingerprint density at radius 3 is 2.48 bits per heavy atom. The monoisotopic (exact) mass is 321 g/mol. The Morgan fingerprint density at radius 2 is 1.86 bits per heavy atom. The second kappa shape index (κ2) is 7.16. The molecule has 0 spiro atoms. The van der Waals surface area contributed by atoms with Gasteiger partial charge in [0.15, 0.2) is 0 Å². The summed E-state index contributed by atoms with van der Waals surface area (Å²) in [5, 5.41) is 1.16. The first kappa shape index (κ1) is 15.4. The molecule has 0 atom stereocenters. The van der Waals surface area contributed by atoms with Crippen molar-refractivity contribution in [2.75, 3.05) is 0 Å². The second-order valence-electron chi connectivity index (χ2n) is 4.33. The number of ether oxygens (including phenoxy) is 1. The highest BCUT2D eigenvalue weighted by molar-refractivity contribution is 6.35. The summed E-state index contributed by atoms with van der Waals surface area (Å²) in [7, 11) is 0. The molecule has 0 aromatic heterocycles. The summed E-state index contributed by atoms with van der Waals surface area (Å²) in [6.45, 7) is 0.354. The SMILES string of the molecule is NC(=O)C=Cc1ccc(OCc2ccc(Cl)cc2Cl)cc1. The molecule has 0 saturated heterocycles. The van der Waals surface area contributed by atoms with E-state index < -0.39 is 5.91 Å². The molecular formula is C16H13Cl2NO2. The minimum absolute atomic E-state index is 0.354. The molecule has 0 radical (unpaired) electrons. The molecule has 0 bridgehead atoms. The summed E-state index contributed by atoms with van der Waals surface area (Å²) < 4.78 is 5.65. The van der Waals surface area contributed by atoms with Gasteiger partial charge >= 0.3 is 0 Å². The van der Waals surface area contributed by atoms with Gasteiger partial charge in [0, 0.05) is 21.7 Å². The highest BCUT2D eigenvalue weighted by Crippen LogP contribution is 2.23. The number of amides is 1. The van der Waals surface area contributed by atoms with E-state index in [-0.39, 0.29) is 0 Å². The first-order valence-corrected chi connectivity index (χ1v) is 6.94. The lowest BCUT2D eigenvalue weighted by atomic mass is 10.2. The van der Waals surface area contributed by atoms with Crippen LogP contribution < -0.4 is 10.5 Å². The minimum Gasteiger partial charge on any atom is -0.489 e. The molecule has 0 aliphatic carbocycles. The minimum atomic E-state index is -0.479. The van der Waals surface area contributed by atoms with Gasteiger partial charge < -0.3 is 10.5 Å². The van der Waals surface area contributed by atoms with Gasteiger partial charge in [-0.1, -0.05) is 41.4 Å². The summed E-state index contributed by atoms with van der Waals surface area (Å²) >= 11 is 11.9. The van der Waals surface area contributed by atoms with Crippen LogP contribution >= 0.6 is 23.2 Å². The topological polar surface area (TPSA) is 52.3 Å². The summed E-state index contributed by atoms with van der Waals surface area (Å²) in [5.41, 5.74) is 6.76. The van der Waals surface area contributed by atoms with Crippen LogP contribution in [-0.2, 0) is 11.4 Å². The molecule has 0 aliphatic rings. The third-order valence-corrected chi connectivity index (χ3v) is 3.32. The van der Waals surface area contributed by atoms with E-state index in [4.69, 9.17) is 33.7 Å². The Labute approximate surface area is 132 Å². The number of primary amides is 1. The lowest BCUT2D eigenvalue weighted by Gasteiger charge is -2.08. The molecule has 5 heteroatoms. The maximum atomic E-state index is 10.6. The molecule has 2 N–H and O–H groups in total. The van der Waals surface area contributed by atoms with Crippen LogP contribution in [0.4, 0.5) is 0 Å². The molecule has 0 unspecified atom stereocenters. The maximum absolute atomic E-state index is 10.6. The van der Waals surface area contributed by atoms with Crippen molar-refractivity contribution in [2.24, 2.45) is 5.73 Å². The zero-order chi connectivity index (χ0) is 15.2. The van der Waals surface area contributed by atoms with Gasteiger partial charge in [0.2, 0.25) is 5.91 Å². The van der Waals surface area contributed by atoms with E-state index in [1.807, 2.05) is 30.3 Å². The van der Waals surface area contributed by atoms with Gasteiger partial charge in [0.05, 0.1) is 0 Å². The van der Waals surface area contributed by atoms with Crippen molar-refractivity contribution in [1.82, 2.24) is 0 Å². The van der Waals surface area contributed by atoms with E-state index >= 15 is 0 Å². The Hall–Kier alpha value is -1.97. The average Bonchev–Trinajstić information content (AvgIpc) is 2.45. The number of nitrogens with two attached hydrogens (primary N) is 1. The van der Waals surface area contributed by atoms with Gasteiger partial charge in [-0.05, 0) is 35.9 Å². The van der Waals surface area contributed by atoms with Gasteiger partial charge in [0.25, 0.3) is 0 Å². The van der Waals surface area contributed by atoms with Crippen LogP contribution in [0, 0.1) is 0 Å². The fraction of sp³-hybridized carbons (Fsp3) is 0.0625. The molecule has 1 amide bonds. The van der Waals surface area contributed by atoms with Crippen LogP contribution in [0.2, 0.25) is 10.0 Å². The lowest BCUT2D eigenvalue weighted by molar-refractivity contribution is -0.113. The van der Waals surface area contributed by atoms with Crippen molar-refractivity contribution < 1.29 is 9.53 Å². The van der Waals surface area contributed by atoms with Gasteiger partial charge in [-0.15, -0.1) is 0 Å². The summed E-state index contributed by atoms with van der Waals surface area (Å²) in [6.07, 6.45) is 2.95. The molecule has 2 rings (SSSR count). The Kier molecular flexibility index (Phi) is 5.26. The smallest absolute Gasteiger partial charge is 0.241 e. The molecular weight excluding hydrogens is 309 g/mol. The van der Waals surface area contributed by atoms with Crippen molar-refractivity contribution in [3.8, 4) is 5.75 Å². The van der Waals surface area contributed by atoms with E-state index in [1.165, 1.54) is 6.08 Å². The molecule has 0 heterocycles. The first-order valence-electron chi connectivity index (χ1n) is 6.19. The first-order chi connectivity index (χ1) is 10.0. The number of carbonyl (C=O) groups excluding carboxylic acids is 1. The fourth-order valence-corrected chi connectivity index (χ4v) is 2.12. The Balaban J connectivity index is 1.99. The maximum Gasteiger partial charge on any atom is 0.241 e. The highest BCUT2D eigenvalue weighted by Gasteiger charge is 2.02. The number of carbonyl (C=O) groups is 1. The fourth-order valence-electron chi connectivity index (χ4n) is 1.65. The summed E-state index contributed by atoms with van der Waals surface area (Å²) in [6, 6.07) is 12.6. The standard InChI is InChI=1S/C16H13Cl2NO2/c17-13-5-4-12(15(18)9-13)10-21-14-6-1-11(2-7-14)3-8-16(19)20/h1-9H,10H2,(H2,19,20). The highest BCUT2D eigenvalue weighted by atomic mass is 35.5. The van der Waals surface area contributed by atoms with Gasteiger partial charge in [-0.25, -0.2) is 0 Å². The van der Waals surface area contributed by atoms with Gasteiger partial charge in [0.1, 0.15) is 12.4 Å². The van der Waals surface area contributed by atoms with Crippen LogP contribution in [0.15, 0.2) is 48.5 Å². The zero-order valence-corrected chi connectivity index (χ0v) is 12.6. The predicted molar refractivity (Wildman–Crippen MR) is 85.5 cm³/mol. The quantitative estimate of drug-likeness (QED) is 0.844. The van der Waals surface area contributed by atoms with Crippen molar-refractivity contribution >= 4 is 35.2 Å². The van der Waals surface area contributed by atoms with Crippen LogP contribution in [0.5, 0.6) is 5.75 Å². The third kappa shape index (κ3) is 4.81. The van der Waals surface area contributed by atoms with Gasteiger partial charge in [-0.3, -0.25) is 4.79 Å². The Morgan fingerprint density at radius 1 is 1.14 bits per heavy atom. The lowest BCUT2D eigenvalue weighted by Crippen LogP contribution is -2.05. The summed E-state index contributed by atoms with van der Waals surface area (Å²) in [5.74, 6) is 0.227. The Bertz CT molecular complexity index is 666. The molecule has 0 aliphatic heterocycles. The average molecular weight is 322 g/mol. The molecule has 2 aromatic carbocycles. The van der Waals surface area contributed by atoms with Crippen LogP contribution in [0.25, 0.3) is 6.08 Å². The summed E-state index contributed by atoms with van der Waals surface area (Å²) in [4.78, 5) is 10.6. The second-order valence-corrected chi connectivity index (χ2v) is 5.17. The zero-order valence-electron chi connectivity index (χ0n) is 11.1. The van der Waals surface area contributed by atoms with Crippen LogP contribution in [0.3, 0.4) is 0 Å². The number of hydrogen-bond acceptors (Lipinski definition) is 2. The molecule has 0 fully saturated rings. The predicted octanol–water partition coefficient (Wildman–Crippen LogP) is 4.07. The molecule has 108 valence electrons. The number of halogens is 2. The van der Waals surface area contributed by atoms with Crippen LogP contribution in [-0.4, -0.2) is 5.91 Å². The van der Waals surface area contributed by atoms with E-state index in [0.717, 1.165) is 11.1 Å². The van der Waals surface area contributed by atoms with Crippen molar-refractivity contribution in [2.45, 2.75) is 6.61 Å². The van der Waals surface area contributed by atoms with Gasteiger partial charge in [-0.2, -0.15) is 0 Å². The number of hydrogen-bond donors (Lipinski definition) is 1. The molecule has 21 heavy (non-hydrogen) atoms. The van der Waals surface area contributed by atoms with E-state index in [9.17, 15) is 4.79 Å². The number of rotatable bonds is 5. The largest absolute Gasteiger partial charge is 0.489 e. The van der Waals surface area contributed by atoms with E-state index in [1.54, 1.807) is 18.2 Å². The van der Waals surface area contributed by atoms with Crippen molar-refractivity contribution in [1.29, 1.82) is 0 Å². The molecule has 3 nitrogen and oxygen atoms in total. The van der Waals surface area contributed by atoms with Crippen LogP contribution in [0.1, 0.15) is 11.1 Å². The molecule has 0 saturated carbocycles. The van der Waals surface area contributed by atoms with Crippen molar-refractivity contribution in [3.63, 3.8) is 0 Å². The van der Waals surface area contributed by atoms with E-state index in [0.29, 0.717) is 22.4 Å².